The van der Waals surface area contributed by atoms with Crippen LogP contribution in [0.5, 0.6) is 0 Å². The van der Waals surface area contributed by atoms with Gasteiger partial charge in [-0.05, 0) is 103 Å². The first-order valence-corrected chi connectivity index (χ1v) is 21.4. The highest BCUT2D eigenvalue weighted by Crippen LogP contribution is 2.57. The molecule has 62 heavy (non-hydrogen) atoms. The number of benzene rings is 10. The molecule has 0 fully saturated rings. The van der Waals surface area contributed by atoms with E-state index in [1.54, 1.807) is 0 Å². The SMILES string of the molecule is c1ccc(-c2cccc(N(c3ccc4c(c3)-c3ccccc3C4(c3ccccc3)c3ccccc3)c3ccccc3-c3ccccc3-c3ccccc3-c3ccccc3)c2)cc1. The highest BCUT2D eigenvalue weighted by Gasteiger charge is 2.46. The summed E-state index contributed by atoms with van der Waals surface area (Å²) in [5.74, 6) is 0. The van der Waals surface area contributed by atoms with Crippen molar-refractivity contribution in [2.45, 2.75) is 5.41 Å². The molecule has 0 amide bonds. The standard InChI is InChI=1S/C61H43N/c1-5-22-44(23-6-1)46-26-21-31-49(42-46)62(60-39-20-18-37-56(60)54-35-16-15-34-53(54)52-33-14-13-32-51(52)45-24-7-2-8-25-45)50-40-41-59-57(43-50)55-36-17-19-38-58(55)61(59,47-27-9-3-10-28-47)48-29-11-4-12-30-48/h1-43H. The summed E-state index contributed by atoms with van der Waals surface area (Å²) in [7, 11) is 0. The molecule has 1 aliphatic carbocycles. The van der Waals surface area contributed by atoms with Crippen LogP contribution in [0.15, 0.2) is 261 Å². The summed E-state index contributed by atoms with van der Waals surface area (Å²) in [6.07, 6.45) is 0. The monoisotopic (exact) mass is 789 g/mol. The number of hydrogen-bond acceptors (Lipinski definition) is 1. The average Bonchev–Trinajstić information content (AvgIpc) is 3.66. The maximum Gasteiger partial charge on any atom is 0.0713 e. The Bertz CT molecular complexity index is 3130. The van der Waals surface area contributed by atoms with Gasteiger partial charge in [0.1, 0.15) is 0 Å². The Morgan fingerprint density at radius 2 is 0.677 bits per heavy atom. The van der Waals surface area contributed by atoms with E-state index in [-0.39, 0.29) is 0 Å². The fourth-order valence-electron chi connectivity index (χ4n) is 9.90. The molecular formula is C61H43N. The van der Waals surface area contributed by atoms with Crippen molar-refractivity contribution in [2.24, 2.45) is 0 Å². The summed E-state index contributed by atoms with van der Waals surface area (Å²) in [6, 6.07) is 95.2. The Labute approximate surface area is 364 Å². The van der Waals surface area contributed by atoms with Crippen LogP contribution in [0, 0.1) is 0 Å². The van der Waals surface area contributed by atoms with Crippen molar-refractivity contribution in [1.82, 2.24) is 0 Å². The number of rotatable bonds is 9. The van der Waals surface area contributed by atoms with E-state index in [0.717, 1.165) is 22.6 Å². The minimum absolute atomic E-state index is 0.478. The van der Waals surface area contributed by atoms with Gasteiger partial charge in [0.15, 0.2) is 0 Å². The van der Waals surface area contributed by atoms with Gasteiger partial charge in [-0.25, -0.2) is 0 Å². The molecule has 292 valence electrons. The highest BCUT2D eigenvalue weighted by molar-refractivity contribution is 5.98. The minimum atomic E-state index is -0.478. The van der Waals surface area contributed by atoms with E-state index in [1.807, 2.05) is 0 Å². The van der Waals surface area contributed by atoms with Crippen LogP contribution in [0.3, 0.4) is 0 Å². The lowest BCUT2D eigenvalue weighted by molar-refractivity contribution is 0.768. The minimum Gasteiger partial charge on any atom is -0.310 e. The highest BCUT2D eigenvalue weighted by atomic mass is 15.1. The zero-order valence-corrected chi connectivity index (χ0v) is 34.3. The second-order valence-corrected chi connectivity index (χ2v) is 16.0. The molecule has 11 rings (SSSR count). The normalized spacial score (nSPS) is 12.3. The van der Waals surface area contributed by atoms with Crippen molar-refractivity contribution in [2.75, 3.05) is 4.90 Å². The first-order chi connectivity index (χ1) is 30.8. The average molecular weight is 790 g/mol. The van der Waals surface area contributed by atoms with Crippen LogP contribution in [0.4, 0.5) is 17.1 Å². The molecule has 0 bridgehead atoms. The Kier molecular flexibility index (Phi) is 9.48. The second kappa shape index (κ2) is 15.9. The number of hydrogen-bond donors (Lipinski definition) is 0. The first-order valence-electron chi connectivity index (χ1n) is 21.4. The van der Waals surface area contributed by atoms with Gasteiger partial charge in [-0.2, -0.15) is 0 Å². The third-order valence-electron chi connectivity index (χ3n) is 12.6. The zero-order chi connectivity index (χ0) is 41.3. The molecule has 0 saturated carbocycles. The first kappa shape index (κ1) is 37.0. The van der Waals surface area contributed by atoms with Gasteiger partial charge in [0, 0.05) is 16.9 Å². The van der Waals surface area contributed by atoms with Gasteiger partial charge in [-0.3, -0.25) is 0 Å². The molecule has 0 atom stereocenters. The van der Waals surface area contributed by atoms with Gasteiger partial charge in [-0.1, -0.05) is 231 Å². The van der Waals surface area contributed by atoms with E-state index < -0.39 is 5.41 Å². The molecule has 0 heterocycles. The smallest absolute Gasteiger partial charge is 0.0713 e. The molecule has 0 aromatic heterocycles. The predicted octanol–water partition coefficient (Wildman–Crippen LogP) is 16.2. The van der Waals surface area contributed by atoms with E-state index in [0.29, 0.717) is 0 Å². The molecule has 1 aliphatic rings. The van der Waals surface area contributed by atoms with Crippen molar-refractivity contribution in [3.63, 3.8) is 0 Å². The Morgan fingerprint density at radius 3 is 1.32 bits per heavy atom. The van der Waals surface area contributed by atoms with Gasteiger partial charge in [0.05, 0.1) is 11.1 Å². The summed E-state index contributed by atoms with van der Waals surface area (Å²) in [6.45, 7) is 0. The summed E-state index contributed by atoms with van der Waals surface area (Å²) in [5, 5.41) is 0. The molecule has 0 unspecified atom stereocenters. The maximum atomic E-state index is 2.47. The van der Waals surface area contributed by atoms with Crippen molar-refractivity contribution >= 4 is 17.1 Å². The van der Waals surface area contributed by atoms with E-state index in [9.17, 15) is 0 Å². The fraction of sp³-hybridized carbons (Fsp3) is 0.0164. The van der Waals surface area contributed by atoms with Crippen LogP contribution in [-0.4, -0.2) is 0 Å². The molecule has 1 nitrogen and oxygen atoms in total. The lowest BCUT2D eigenvalue weighted by Gasteiger charge is -2.34. The Balaban J connectivity index is 1.15. The zero-order valence-electron chi connectivity index (χ0n) is 34.3. The maximum absolute atomic E-state index is 2.47. The number of para-hydroxylation sites is 1. The van der Waals surface area contributed by atoms with Crippen LogP contribution in [0.2, 0.25) is 0 Å². The molecule has 0 radical (unpaired) electrons. The largest absolute Gasteiger partial charge is 0.310 e. The number of nitrogens with zero attached hydrogens (tertiary/aromatic N) is 1. The lowest BCUT2D eigenvalue weighted by atomic mass is 9.68. The third-order valence-corrected chi connectivity index (χ3v) is 12.6. The van der Waals surface area contributed by atoms with Crippen LogP contribution in [0.1, 0.15) is 22.3 Å². The van der Waals surface area contributed by atoms with E-state index >= 15 is 0 Å². The molecule has 0 spiro atoms. The molecular weight excluding hydrogens is 747 g/mol. The van der Waals surface area contributed by atoms with Crippen molar-refractivity contribution in [1.29, 1.82) is 0 Å². The topological polar surface area (TPSA) is 3.24 Å². The summed E-state index contributed by atoms with van der Waals surface area (Å²) >= 11 is 0. The van der Waals surface area contributed by atoms with E-state index in [4.69, 9.17) is 0 Å². The van der Waals surface area contributed by atoms with Crippen molar-refractivity contribution < 1.29 is 0 Å². The van der Waals surface area contributed by atoms with Crippen LogP contribution >= 0.6 is 0 Å². The number of fused-ring (bicyclic) bond motifs is 3. The van der Waals surface area contributed by atoms with Gasteiger partial charge in [0.25, 0.3) is 0 Å². The van der Waals surface area contributed by atoms with Gasteiger partial charge < -0.3 is 4.90 Å². The third kappa shape index (κ3) is 6.26. The molecule has 0 aliphatic heterocycles. The Hall–Kier alpha value is -8.00. The van der Waals surface area contributed by atoms with E-state index in [1.165, 1.54) is 72.3 Å². The fourth-order valence-corrected chi connectivity index (χ4v) is 9.90. The van der Waals surface area contributed by atoms with Gasteiger partial charge in [-0.15, -0.1) is 0 Å². The molecule has 10 aromatic rings. The Morgan fingerprint density at radius 1 is 0.242 bits per heavy atom. The van der Waals surface area contributed by atoms with Crippen molar-refractivity contribution in [3.05, 3.63) is 283 Å². The molecule has 0 N–H and O–H groups in total. The van der Waals surface area contributed by atoms with Crippen LogP contribution < -0.4 is 4.90 Å². The number of anilines is 3. The van der Waals surface area contributed by atoms with E-state index in [2.05, 4.69) is 266 Å². The summed E-state index contributed by atoms with van der Waals surface area (Å²) in [5.41, 5.74) is 19.9. The summed E-state index contributed by atoms with van der Waals surface area (Å²) < 4.78 is 0. The van der Waals surface area contributed by atoms with Gasteiger partial charge in [0.2, 0.25) is 0 Å². The second-order valence-electron chi connectivity index (χ2n) is 16.0. The molecule has 10 aromatic carbocycles. The predicted molar refractivity (Wildman–Crippen MR) is 260 cm³/mol. The lowest BCUT2D eigenvalue weighted by Crippen LogP contribution is -2.28. The van der Waals surface area contributed by atoms with Gasteiger partial charge >= 0.3 is 0 Å². The van der Waals surface area contributed by atoms with Crippen LogP contribution in [0.25, 0.3) is 55.6 Å². The quantitative estimate of drug-likeness (QED) is 0.141. The summed E-state index contributed by atoms with van der Waals surface area (Å²) in [4.78, 5) is 2.47. The molecule has 1 heteroatoms. The van der Waals surface area contributed by atoms with Crippen molar-refractivity contribution in [3.8, 4) is 55.6 Å². The van der Waals surface area contributed by atoms with Crippen LogP contribution in [-0.2, 0) is 5.41 Å². The molecule has 0 saturated heterocycles.